The van der Waals surface area contributed by atoms with E-state index in [0.717, 1.165) is 23.7 Å². The Morgan fingerprint density at radius 2 is 1.40 bits per heavy atom. The van der Waals surface area contributed by atoms with E-state index >= 15 is 0 Å². The van der Waals surface area contributed by atoms with Crippen LogP contribution in [0.4, 0.5) is 0 Å². The van der Waals surface area contributed by atoms with Crippen LogP contribution in [0.3, 0.4) is 0 Å². The molecule has 15 heavy (non-hydrogen) atoms. The second kappa shape index (κ2) is 3.25. The largest absolute Gasteiger partial charge is 0.0620 e. The summed E-state index contributed by atoms with van der Waals surface area (Å²) in [4.78, 5) is 0. The molecular formula is C15H28. The molecule has 0 aromatic rings. The molecule has 0 amide bonds. The summed E-state index contributed by atoms with van der Waals surface area (Å²) in [5.74, 6) is 3.72. The van der Waals surface area contributed by atoms with Gasteiger partial charge >= 0.3 is 0 Å². The van der Waals surface area contributed by atoms with E-state index in [2.05, 4.69) is 41.5 Å². The molecule has 0 N–H and O–H groups in total. The standard InChI is InChI=1S/C15H28/c1-10-7-8-14(10,5)12(3)13(4)15(6)9-11(15)2/h10-13H,7-9H2,1-6H3. The van der Waals surface area contributed by atoms with E-state index in [1.54, 1.807) is 0 Å². The fourth-order valence-corrected chi connectivity index (χ4v) is 3.94. The first-order valence-electron chi connectivity index (χ1n) is 6.82. The Morgan fingerprint density at radius 1 is 0.933 bits per heavy atom. The van der Waals surface area contributed by atoms with Crippen LogP contribution in [-0.4, -0.2) is 0 Å². The average molecular weight is 208 g/mol. The summed E-state index contributed by atoms with van der Waals surface area (Å²) >= 11 is 0. The Labute approximate surface area is 95.8 Å². The maximum atomic E-state index is 2.53. The zero-order valence-corrected chi connectivity index (χ0v) is 11.4. The Hall–Kier alpha value is 0. The van der Waals surface area contributed by atoms with Gasteiger partial charge in [-0.1, -0.05) is 41.5 Å². The minimum Gasteiger partial charge on any atom is -0.0620 e. The van der Waals surface area contributed by atoms with Gasteiger partial charge in [0.15, 0.2) is 0 Å². The van der Waals surface area contributed by atoms with Gasteiger partial charge in [0, 0.05) is 0 Å². The lowest BCUT2D eigenvalue weighted by Gasteiger charge is -2.53. The number of rotatable bonds is 3. The monoisotopic (exact) mass is 208 g/mol. The van der Waals surface area contributed by atoms with Crippen molar-refractivity contribution >= 4 is 0 Å². The third kappa shape index (κ3) is 1.47. The van der Waals surface area contributed by atoms with Crippen LogP contribution in [0.25, 0.3) is 0 Å². The first-order valence-corrected chi connectivity index (χ1v) is 6.82. The maximum absolute atomic E-state index is 2.53. The van der Waals surface area contributed by atoms with E-state index in [9.17, 15) is 0 Å². The van der Waals surface area contributed by atoms with E-state index in [1.807, 2.05) is 0 Å². The Morgan fingerprint density at radius 3 is 1.67 bits per heavy atom. The topological polar surface area (TPSA) is 0 Å². The van der Waals surface area contributed by atoms with Crippen molar-refractivity contribution in [1.82, 2.24) is 0 Å². The maximum Gasteiger partial charge on any atom is -0.0269 e. The van der Waals surface area contributed by atoms with Crippen LogP contribution in [0.5, 0.6) is 0 Å². The lowest BCUT2D eigenvalue weighted by Crippen LogP contribution is -2.45. The molecule has 6 atom stereocenters. The number of hydrogen-bond acceptors (Lipinski definition) is 0. The molecule has 2 fully saturated rings. The average Bonchev–Trinajstić information content (AvgIpc) is 2.82. The third-order valence-electron chi connectivity index (χ3n) is 6.78. The van der Waals surface area contributed by atoms with Crippen LogP contribution in [0, 0.1) is 34.5 Å². The van der Waals surface area contributed by atoms with E-state index < -0.39 is 0 Å². The van der Waals surface area contributed by atoms with E-state index in [1.165, 1.54) is 19.3 Å². The summed E-state index contributed by atoms with van der Waals surface area (Å²) in [6.07, 6.45) is 4.38. The molecule has 2 aliphatic rings. The van der Waals surface area contributed by atoms with Crippen molar-refractivity contribution in [2.24, 2.45) is 34.5 Å². The van der Waals surface area contributed by atoms with E-state index in [0.29, 0.717) is 10.8 Å². The summed E-state index contributed by atoms with van der Waals surface area (Å²) in [6.45, 7) is 14.9. The zero-order valence-electron chi connectivity index (χ0n) is 11.4. The Bertz CT molecular complexity index is 257. The molecule has 0 aromatic carbocycles. The normalized spacial score (nSPS) is 53.2. The molecule has 0 bridgehead atoms. The summed E-state index contributed by atoms with van der Waals surface area (Å²) in [6, 6.07) is 0. The van der Waals surface area contributed by atoms with Crippen molar-refractivity contribution in [2.75, 3.05) is 0 Å². The minimum atomic E-state index is 0.644. The lowest BCUT2D eigenvalue weighted by atomic mass is 9.52. The predicted octanol–water partition coefficient (Wildman–Crippen LogP) is 4.74. The van der Waals surface area contributed by atoms with Crippen LogP contribution in [0.2, 0.25) is 0 Å². The Kier molecular flexibility index (Phi) is 2.48. The summed E-state index contributed by atoms with van der Waals surface area (Å²) in [5.41, 5.74) is 1.31. The van der Waals surface area contributed by atoms with Crippen LogP contribution in [0.15, 0.2) is 0 Å². The van der Waals surface area contributed by atoms with Gasteiger partial charge < -0.3 is 0 Å². The van der Waals surface area contributed by atoms with E-state index in [4.69, 9.17) is 0 Å². The number of hydrogen-bond donors (Lipinski definition) is 0. The molecule has 0 saturated heterocycles. The molecule has 2 aliphatic carbocycles. The molecule has 0 heteroatoms. The van der Waals surface area contributed by atoms with Crippen molar-refractivity contribution in [3.05, 3.63) is 0 Å². The van der Waals surface area contributed by atoms with Crippen LogP contribution in [0.1, 0.15) is 60.8 Å². The second-order valence-corrected chi connectivity index (χ2v) is 7.13. The smallest absolute Gasteiger partial charge is 0.0269 e. The molecule has 2 rings (SSSR count). The van der Waals surface area contributed by atoms with Crippen molar-refractivity contribution in [2.45, 2.75) is 60.8 Å². The highest BCUT2D eigenvalue weighted by Gasteiger charge is 2.56. The minimum absolute atomic E-state index is 0.644. The molecule has 0 aromatic heterocycles. The van der Waals surface area contributed by atoms with Crippen LogP contribution in [-0.2, 0) is 0 Å². The first kappa shape index (κ1) is 11.5. The van der Waals surface area contributed by atoms with Gasteiger partial charge in [-0.3, -0.25) is 0 Å². The Balaban J connectivity index is 2.05. The lowest BCUT2D eigenvalue weighted by molar-refractivity contribution is -0.0342. The zero-order chi connectivity index (χ0) is 11.4. The molecule has 0 radical (unpaired) electrons. The second-order valence-electron chi connectivity index (χ2n) is 7.13. The van der Waals surface area contributed by atoms with Crippen molar-refractivity contribution in [3.63, 3.8) is 0 Å². The highest BCUT2D eigenvalue weighted by molar-refractivity contribution is 5.05. The molecule has 6 unspecified atom stereocenters. The van der Waals surface area contributed by atoms with Crippen LogP contribution < -0.4 is 0 Å². The third-order valence-corrected chi connectivity index (χ3v) is 6.78. The fourth-order valence-electron chi connectivity index (χ4n) is 3.94. The van der Waals surface area contributed by atoms with Gasteiger partial charge in [-0.2, -0.15) is 0 Å². The molecule has 0 spiro atoms. The van der Waals surface area contributed by atoms with Crippen LogP contribution >= 0.6 is 0 Å². The van der Waals surface area contributed by atoms with Gasteiger partial charge in [0.05, 0.1) is 0 Å². The summed E-state index contributed by atoms with van der Waals surface area (Å²) in [5, 5.41) is 0. The molecule has 0 aliphatic heterocycles. The fraction of sp³-hybridized carbons (Fsp3) is 1.00. The van der Waals surface area contributed by atoms with Gasteiger partial charge in [0.25, 0.3) is 0 Å². The van der Waals surface area contributed by atoms with Crippen molar-refractivity contribution < 1.29 is 0 Å². The highest BCUT2D eigenvalue weighted by atomic mass is 14.6. The van der Waals surface area contributed by atoms with Crippen molar-refractivity contribution in [1.29, 1.82) is 0 Å². The SMILES string of the molecule is CC1CCC1(C)C(C)C(C)C1(C)CC1C. The highest BCUT2D eigenvalue weighted by Crippen LogP contribution is 2.64. The van der Waals surface area contributed by atoms with Gasteiger partial charge in [-0.25, -0.2) is 0 Å². The molecule has 2 saturated carbocycles. The predicted molar refractivity (Wildman–Crippen MR) is 66.7 cm³/mol. The molecule has 0 heterocycles. The molecular weight excluding hydrogens is 180 g/mol. The molecule has 88 valence electrons. The first-order chi connectivity index (χ1) is 6.82. The van der Waals surface area contributed by atoms with Crippen molar-refractivity contribution in [3.8, 4) is 0 Å². The van der Waals surface area contributed by atoms with Gasteiger partial charge in [0.1, 0.15) is 0 Å². The van der Waals surface area contributed by atoms with Gasteiger partial charge in [0.2, 0.25) is 0 Å². The van der Waals surface area contributed by atoms with Gasteiger partial charge in [-0.15, -0.1) is 0 Å². The van der Waals surface area contributed by atoms with Gasteiger partial charge in [-0.05, 0) is 53.8 Å². The quantitative estimate of drug-likeness (QED) is 0.628. The summed E-state index contributed by atoms with van der Waals surface area (Å²) in [7, 11) is 0. The summed E-state index contributed by atoms with van der Waals surface area (Å²) < 4.78 is 0. The molecule has 0 nitrogen and oxygen atoms in total. The van der Waals surface area contributed by atoms with E-state index in [-0.39, 0.29) is 0 Å².